The van der Waals surface area contributed by atoms with E-state index in [0.717, 1.165) is 30.4 Å². The molecule has 2 saturated carbocycles. The number of benzene rings is 1. The van der Waals surface area contributed by atoms with Gasteiger partial charge in [-0.15, -0.1) is 0 Å². The second-order valence-corrected chi connectivity index (χ2v) is 8.91. The topological polar surface area (TPSA) is 46.5 Å². The van der Waals surface area contributed by atoms with Crippen LogP contribution in [-0.2, 0) is 16.0 Å². The lowest BCUT2D eigenvalue weighted by Crippen LogP contribution is -2.49. The number of phenolic OH excluding ortho intramolecular Hbond substituents is 1. The normalized spacial score (nSPS) is 40.8. The Bertz CT molecular complexity index is 706. The molecule has 4 rings (SSSR count). The van der Waals surface area contributed by atoms with Crippen molar-refractivity contribution in [3.8, 4) is 5.75 Å². The molecule has 0 bridgehead atoms. The summed E-state index contributed by atoms with van der Waals surface area (Å²) in [5.41, 5.74) is 1.62. The minimum Gasteiger partial charge on any atom is -0.505 e. The van der Waals surface area contributed by atoms with Gasteiger partial charge in [-0.3, -0.25) is 4.79 Å². The quantitative estimate of drug-likeness (QED) is 0.730. The van der Waals surface area contributed by atoms with Gasteiger partial charge in [-0.1, -0.05) is 22.9 Å². The number of rotatable bonds is 1. The van der Waals surface area contributed by atoms with Crippen LogP contribution in [0.15, 0.2) is 12.1 Å². The predicted molar refractivity (Wildman–Crippen MR) is 92.0 cm³/mol. The van der Waals surface area contributed by atoms with E-state index >= 15 is 0 Å². The van der Waals surface area contributed by atoms with Gasteiger partial charge in [0.15, 0.2) is 17.3 Å². The van der Waals surface area contributed by atoms with Gasteiger partial charge < -0.3 is 9.84 Å². The van der Waals surface area contributed by atoms with Gasteiger partial charge in [0.25, 0.3) is 0 Å². The minimum atomic E-state index is -0.571. The summed E-state index contributed by atoms with van der Waals surface area (Å²) in [7, 11) is 1.68. The first-order valence-corrected chi connectivity index (χ1v) is 9.51. The van der Waals surface area contributed by atoms with Crippen LogP contribution in [-0.4, -0.2) is 28.9 Å². The van der Waals surface area contributed by atoms with Crippen LogP contribution >= 0.6 is 15.9 Å². The molecule has 3 aliphatic rings. The maximum atomic E-state index is 14.0. The van der Waals surface area contributed by atoms with E-state index in [2.05, 4.69) is 22.9 Å². The Labute approximate surface area is 149 Å². The number of carbonyl (C=O) groups excluding carboxylic acids is 1. The maximum Gasteiger partial charge on any atom is 0.165 e. The highest BCUT2D eigenvalue weighted by atomic mass is 79.9. The number of hydrogen-bond donors (Lipinski definition) is 1. The highest BCUT2D eigenvalue weighted by Gasteiger charge is 2.60. The van der Waals surface area contributed by atoms with Crippen molar-refractivity contribution >= 4 is 21.7 Å². The van der Waals surface area contributed by atoms with Crippen LogP contribution in [0.3, 0.4) is 0 Å². The Hall–Kier alpha value is -0.940. The summed E-state index contributed by atoms with van der Waals surface area (Å²) in [4.78, 5) is 12.7. The Balaban J connectivity index is 1.81. The van der Waals surface area contributed by atoms with Gasteiger partial charge in [-0.05, 0) is 60.8 Å². The Morgan fingerprint density at radius 1 is 1.42 bits per heavy atom. The number of ketones is 1. The number of phenols is 1. The van der Waals surface area contributed by atoms with Gasteiger partial charge in [-0.25, -0.2) is 4.39 Å². The molecule has 130 valence electrons. The average Bonchev–Trinajstić information content (AvgIpc) is 2.78. The molecule has 5 heteroatoms. The van der Waals surface area contributed by atoms with Crippen LogP contribution in [0.1, 0.15) is 43.2 Å². The summed E-state index contributed by atoms with van der Waals surface area (Å²) >= 11 is 3.56. The van der Waals surface area contributed by atoms with Crippen LogP contribution in [0, 0.1) is 23.1 Å². The number of Topliss-reactive ketones (excluding diaryl/α,β-unsaturated/α-hetero) is 1. The molecular weight excluding hydrogens is 375 g/mol. The van der Waals surface area contributed by atoms with Crippen molar-refractivity contribution in [3.63, 3.8) is 0 Å². The van der Waals surface area contributed by atoms with E-state index in [4.69, 9.17) is 4.74 Å². The van der Waals surface area contributed by atoms with Gasteiger partial charge in [-0.2, -0.15) is 0 Å². The predicted octanol–water partition coefficient (Wildman–Crippen LogP) is 3.95. The second kappa shape index (κ2) is 5.53. The number of alkyl halides is 1. The third-order valence-corrected chi connectivity index (χ3v) is 7.54. The highest BCUT2D eigenvalue weighted by Crippen LogP contribution is 2.61. The first-order chi connectivity index (χ1) is 11.4. The molecule has 1 N–H and O–H groups in total. The van der Waals surface area contributed by atoms with Crippen molar-refractivity contribution in [1.82, 2.24) is 0 Å². The molecule has 0 heterocycles. The SMILES string of the molecule is CO[C@H]1C[C@]2(C)C(=O)[C@@H](Br)C[C@H]2[C@@H]2CCc3cc(O)c(F)cc3[C@H]21. The molecule has 0 aromatic heterocycles. The van der Waals surface area contributed by atoms with Gasteiger partial charge >= 0.3 is 0 Å². The fourth-order valence-electron chi connectivity index (χ4n) is 5.61. The molecule has 1 aromatic rings. The fraction of sp³-hybridized carbons (Fsp3) is 0.632. The van der Waals surface area contributed by atoms with Crippen molar-refractivity contribution in [2.75, 3.05) is 7.11 Å². The van der Waals surface area contributed by atoms with E-state index in [0.29, 0.717) is 18.3 Å². The number of aromatic hydroxyl groups is 1. The molecule has 1 aromatic carbocycles. The van der Waals surface area contributed by atoms with Crippen molar-refractivity contribution in [2.24, 2.45) is 17.3 Å². The average molecular weight is 397 g/mol. The molecule has 0 saturated heterocycles. The smallest absolute Gasteiger partial charge is 0.165 e. The first kappa shape index (κ1) is 16.5. The lowest BCUT2D eigenvalue weighted by Gasteiger charge is -2.51. The molecular formula is C19H22BrFO3. The zero-order valence-corrected chi connectivity index (χ0v) is 15.5. The standard InChI is InChI=1S/C19H22BrFO3/c1-19-8-16(24-2)17-10(12(19)7-13(20)18(19)23)4-3-9-5-15(22)14(21)6-11(9)17/h5-6,10,12-13,16-17,22H,3-4,7-8H2,1-2H3/t10-,12-,13-,16-,17-,19-/m0/s1. The molecule has 24 heavy (non-hydrogen) atoms. The Morgan fingerprint density at radius 3 is 2.88 bits per heavy atom. The second-order valence-electron chi connectivity index (χ2n) is 7.80. The third-order valence-electron chi connectivity index (χ3n) is 6.75. The van der Waals surface area contributed by atoms with E-state index < -0.39 is 5.82 Å². The molecule has 3 nitrogen and oxygen atoms in total. The number of halogens is 2. The lowest BCUT2D eigenvalue weighted by atomic mass is 9.54. The molecule has 0 radical (unpaired) electrons. The third kappa shape index (κ3) is 2.13. The first-order valence-electron chi connectivity index (χ1n) is 8.59. The fourth-order valence-corrected chi connectivity index (χ4v) is 6.54. The van der Waals surface area contributed by atoms with Crippen molar-refractivity contribution < 1.29 is 19.0 Å². The maximum absolute atomic E-state index is 14.0. The largest absolute Gasteiger partial charge is 0.505 e. The summed E-state index contributed by atoms with van der Waals surface area (Å²) < 4.78 is 19.8. The summed E-state index contributed by atoms with van der Waals surface area (Å²) in [6, 6.07) is 3.05. The summed E-state index contributed by atoms with van der Waals surface area (Å²) in [5, 5.41) is 9.70. The number of fused-ring (bicyclic) bond motifs is 5. The number of methoxy groups -OCH3 is 1. The van der Waals surface area contributed by atoms with Crippen molar-refractivity contribution in [3.05, 3.63) is 29.1 Å². The van der Waals surface area contributed by atoms with Gasteiger partial charge in [0.05, 0.1) is 10.9 Å². The number of carbonyl (C=O) groups is 1. The van der Waals surface area contributed by atoms with Crippen molar-refractivity contribution in [1.29, 1.82) is 0 Å². The number of ether oxygens (including phenoxy) is 1. The summed E-state index contributed by atoms with van der Waals surface area (Å²) in [5.74, 6) is 0.150. The molecule has 0 unspecified atom stereocenters. The molecule has 3 aliphatic carbocycles. The van der Waals surface area contributed by atoms with Gasteiger partial charge in [0.1, 0.15) is 0 Å². The molecule has 0 amide bonds. The molecule has 6 atom stereocenters. The highest BCUT2D eigenvalue weighted by molar-refractivity contribution is 9.10. The Morgan fingerprint density at radius 2 is 2.17 bits per heavy atom. The monoisotopic (exact) mass is 396 g/mol. The van der Waals surface area contributed by atoms with E-state index in [1.165, 1.54) is 6.07 Å². The zero-order valence-electron chi connectivity index (χ0n) is 13.9. The van der Waals surface area contributed by atoms with Gasteiger partial charge in [0.2, 0.25) is 0 Å². The van der Waals surface area contributed by atoms with Gasteiger partial charge in [0, 0.05) is 18.4 Å². The van der Waals surface area contributed by atoms with Crippen LogP contribution in [0.25, 0.3) is 0 Å². The molecule has 0 spiro atoms. The molecule has 0 aliphatic heterocycles. The summed E-state index contributed by atoms with van der Waals surface area (Å²) in [6.07, 6.45) is 3.20. The van der Waals surface area contributed by atoms with Crippen LogP contribution in [0.5, 0.6) is 5.75 Å². The van der Waals surface area contributed by atoms with Crippen LogP contribution < -0.4 is 0 Å². The number of aryl methyl sites for hydroxylation is 1. The van der Waals surface area contributed by atoms with Crippen LogP contribution in [0.2, 0.25) is 0 Å². The van der Waals surface area contributed by atoms with E-state index in [9.17, 15) is 14.3 Å². The lowest BCUT2D eigenvalue weighted by molar-refractivity contribution is -0.134. The van der Waals surface area contributed by atoms with Crippen LogP contribution in [0.4, 0.5) is 4.39 Å². The van der Waals surface area contributed by atoms with E-state index in [-0.39, 0.29) is 33.8 Å². The number of hydrogen-bond acceptors (Lipinski definition) is 3. The molecule has 2 fully saturated rings. The van der Waals surface area contributed by atoms with E-state index in [1.54, 1.807) is 13.2 Å². The minimum absolute atomic E-state index is 0.0818. The zero-order chi connectivity index (χ0) is 17.2. The van der Waals surface area contributed by atoms with Crippen molar-refractivity contribution in [2.45, 2.75) is 49.5 Å². The summed E-state index contributed by atoms with van der Waals surface area (Å²) in [6.45, 7) is 2.08. The Kier molecular flexibility index (Phi) is 3.81. The van der Waals surface area contributed by atoms with E-state index in [1.807, 2.05) is 0 Å².